The molecule has 0 spiro atoms. The molecule has 118 valence electrons. The van der Waals surface area contributed by atoms with Gasteiger partial charge in [-0.25, -0.2) is 4.39 Å². The molecule has 0 saturated heterocycles. The molecule has 1 fully saturated rings. The van der Waals surface area contributed by atoms with Gasteiger partial charge >= 0.3 is 0 Å². The minimum Gasteiger partial charge on any atom is -0.392 e. The van der Waals surface area contributed by atoms with E-state index in [1.165, 1.54) is 38.2 Å². The van der Waals surface area contributed by atoms with E-state index in [-0.39, 0.29) is 12.4 Å². The predicted molar refractivity (Wildman–Crippen MR) is 84.9 cm³/mol. The van der Waals surface area contributed by atoms with Gasteiger partial charge in [-0.2, -0.15) is 5.10 Å². The first-order valence-electron chi connectivity index (χ1n) is 8.10. The van der Waals surface area contributed by atoms with E-state index in [2.05, 4.69) is 5.10 Å². The number of aryl methyl sites for hydroxylation is 1. The summed E-state index contributed by atoms with van der Waals surface area (Å²) in [6, 6.07) is 3.40. The fourth-order valence-electron chi connectivity index (χ4n) is 3.39. The van der Waals surface area contributed by atoms with Gasteiger partial charge in [0.2, 0.25) is 0 Å². The van der Waals surface area contributed by atoms with Crippen LogP contribution in [0.3, 0.4) is 0 Å². The number of aromatic nitrogens is 2. The molecule has 1 heterocycles. The highest BCUT2D eigenvalue weighted by Crippen LogP contribution is 2.27. The molecule has 22 heavy (non-hydrogen) atoms. The molecule has 4 heteroatoms. The van der Waals surface area contributed by atoms with Gasteiger partial charge in [0, 0.05) is 23.9 Å². The van der Waals surface area contributed by atoms with Crippen molar-refractivity contribution in [3.05, 3.63) is 41.5 Å². The molecular formula is C18H23FN2O. The van der Waals surface area contributed by atoms with Gasteiger partial charge in [0.25, 0.3) is 0 Å². The average Bonchev–Trinajstić information content (AvgIpc) is 2.96. The van der Waals surface area contributed by atoms with Crippen molar-refractivity contribution in [1.29, 1.82) is 0 Å². The van der Waals surface area contributed by atoms with Crippen LogP contribution in [0.15, 0.2) is 24.5 Å². The van der Waals surface area contributed by atoms with Crippen LogP contribution in [-0.4, -0.2) is 14.9 Å². The summed E-state index contributed by atoms with van der Waals surface area (Å²) in [5.74, 6) is 0.370. The van der Waals surface area contributed by atoms with Gasteiger partial charge in [0.1, 0.15) is 5.82 Å². The number of hydrogen-bond donors (Lipinski definition) is 1. The van der Waals surface area contributed by atoms with Crippen LogP contribution in [0.2, 0.25) is 0 Å². The Morgan fingerprint density at radius 2 is 2.00 bits per heavy atom. The van der Waals surface area contributed by atoms with E-state index < -0.39 is 0 Å². The highest BCUT2D eigenvalue weighted by atomic mass is 19.1. The fourth-order valence-corrected chi connectivity index (χ4v) is 3.39. The first kappa shape index (κ1) is 15.2. The maximum absolute atomic E-state index is 14.0. The molecule has 1 aromatic carbocycles. The molecule has 0 aliphatic heterocycles. The van der Waals surface area contributed by atoms with E-state index in [4.69, 9.17) is 0 Å². The average molecular weight is 302 g/mol. The summed E-state index contributed by atoms with van der Waals surface area (Å²) >= 11 is 0. The van der Waals surface area contributed by atoms with E-state index in [9.17, 15) is 9.50 Å². The lowest BCUT2D eigenvalue weighted by molar-refractivity contribution is 0.275. The lowest BCUT2D eigenvalue weighted by atomic mass is 9.89. The van der Waals surface area contributed by atoms with Crippen LogP contribution in [0.5, 0.6) is 0 Å². The minimum atomic E-state index is -0.350. The van der Waals surface area contributed by atoms with Crippen LogP contribution in [0.25, 0.3) is 11.1 Å². The van der Waals surface area contributed by atoms with Crippen LogP contribution < -0.4 is 0 Å². The normalized spacial score (nSPS) is 16.1. The molecule has 0 radical (unpaired) electrons. The van der Waals surface area contributed by atoms with Crippen LogP contribution in [-0.2, 0) is 13.2 Å². The molecule has 0 bridgehead atoms. The Labute approximate surface area is 130 Å². The van der Waals surface area contributed by atoms with Crippen molar-refractivity contribution in [2.75, 3.05) is 0 Å². The Balaban J connectivity index is 1.78. The standard InChI is InChI=1S/C18H23FN2O/c1-13-7-15(8-18(19)17(13)12-22)16-9-20-21(11-16)10-14-5-3-2-4-6-14/h7-9,11,14,22H,2-6,10,12H2,1H3. The summed E-state index contributed by atoms with van der Waals surface area (Å²) in [5, 5.41) is 13.6. The summed E-state index contributed by atoms with van der Waals surface area (Å²) in [5.41, 5.74) is 2.90. The van der Waals surface area contributed by atoms with E-state index in [1.54, 1.807) is 6.20 Å². The molecule has 1 aromatic heterocycles. The molecule has 0 atom stereocenters. The summed E-state index contributed by atoms with van der Waals surface area (Å²) in [4.78, 5) is 0. The summed E-state index contributed by atoms with van der Waals surface area (Å²) in [7, 11) is 0. The predicted octanol–water partition coefficient (Wildman–Crippen LogP) is 4.07. The number of aliphatic hydroxyl groups excluding tert-OH is 1. The van der Waals surface area contributed by atoms with E-state index in [0.717, 1.165) is 29.2 Å². The van der Waals surface area contributed by atoms with E-state index >= 15 is 0 Å². The summed E-state index contributed by atoms with van der Waals surface area (Å²) in [6.07, 6.45) is 10.4. The highest BCUT2D eigenvalue weighted by molar-refractivity contribution is 5.63. The lowest BCUT2D eigenvalue weighted by Crippen LogP contribution is -2.14. The second-order valence-electron chi connectivity index (χ2n) is 6.37. The number of benzene rings is 1. The Hall–Kier alpha value is -1.68. The van der Waals surface area contributed by atoms with Crippen molar-refractivity contribution >= 4 is 0 Å². The lowest BCUT2D eigenvalue weighted by Gasteiger charge is -2.21. The maximum atomic E-state index is 14.0. The van der Waals surface area contributed by atoms with Gasteiger partial charge in [-0.05, 0) is 42.9 Å². The van der Waals surface area contributed by atoms with Crippen LogP contribution >= 0.6 is 0 Å². The van der Waals surface area contributed by atoms with Crippen LogP contribution in [0.4, 0.5) is 4.39 Å². The molecule has 3 rings (SSSR count). The first-order chi connectivity index (χ1) is 10.7. The highest BCUT2D eigenvalue weighted by Gasteiger charge is 2.15. The quantitative estimate of drug-likeness (QED) is 0.924. The zero-order chi connectivity index (χ0) is 15.5. The van der Waals surface area contributed by atoms with E-state index in [1.807, 2.05) is 23.9 Å². The van der Waals surface area contributed by atoms with Gasteiger partial charge in [-0.1, -0.05) is 25.3 Å². The molecule has 1 N–H and O–H groups in total. The second-order valence-corrected chi connectivity index (χ2v) is 6.37. The topological polar surface area (TPSA) is 38.0 Å². The van der Waals surface area contributed by atoms with Gasteiger partial charge < -0.3 is 5.11 Å². The van der Waals surface area contributed by atoms with Gasteiger partial charge in [0.15, 0.2) is 0 Å². The monoisotopic (exact) mass is 302 g/mol. The third kappa shape index (κ3) is 3.22. The smallest absolute Gasteiger partial charge is 0.129 e. The molecule has 0 amide bonds. The zero-order valence-electron chi connectivity index (χ0n) is 13.1. The van der Waals surface area contributed by atoms with Gasteiger partial charge in [-0.15, -0.1) is 0 Å². The fraction of sp³-hybridized carbons (Fsp3) is 0.500. The largest absolute Gasteiger partial charge is 0.392 e. The van der Waals surface area contributed by atoms with Crippen molar-refractivity contribution in [1.82, 2.24) is 9.78 Å². The molecule has 2 aromatic rings. The van der Waals surface area contributed by atoms with Crippen LogP contribution in [0, 0.1) is 18.7 Å². The minimum absolute atomic E-state index is 0.265. The third-order valence-electron chi connectivity index (χ3n) is 4.71. The Bertz CT molecular complexity index is 621. The summed E-state index contributed by atoms with van der Waals surface area (Å²) in [6.45, 7) is 2.51. The van der Waals surface area contributed by atoms with Crippen LogP contribution in [0.1, 0.15) is 43.2 Å². The SMILES string of the molecule is Cc1cc(-c2cnn(CC3CCCCC3)c2)cc(F)c1CO. The van der Waals surface area contributed by atoms with Crippen molar-refractivity contribution in [2.45, 2.75) is 52.2 Å². The Morgan fingerprint density at radius 1 is 1.23 bits per heavy atom. The molecule has 3 nitrogen and oxygen atoms in total. The third-order valence-corrected chi connectivity index (χ3v) is 4.71. The summed E-state index contributed by atoms with van der Waals surface area (Å²) < 4.78 is 16.0. The van der Waals surface area contributed by atoms with E-state index in [0.29, 0.717) is 5.56 Å². The van der Waals surface area contributed by atoms with Crippen molar-refractivity contribution < 1.29 is 9.50 Å². The maximum Gasteiger partial charge on any atom is 0.129 e. The van der Waals surface area contributed by atoms with Gasteiger partial charge in [0.05, 0.1) is 12.8 Å². The zero-order valence-corrected chi connectivity index (χ0v) is 13.1. The second kappa shape index (κ2) is 6.61. The van der Waals surface area contributed by atoms with Crippen molar-refractivity contribution in [3.63, 3.8) is 0 Å². The molecule has 1 aliphatic carbocycles. The number of hydrogen-bond acceptors (Lipinski definition) is 2. The Morgan fingerprint density at radius 3 is 2.68 bits per heavy atom. The molecular weight excluding hydrogens is 279 g/mol. The molecule has 0 unspecified atom stereocenters. The first-order valence-corrected chi connectivity index (χ1v) is 8.10. The Kier molecular flexibility index (Phi) is 4.57. The number of rotatable bonds is 4. The molecule has 1 aliphatic rings. The van der Waals surface area contributed by atoms with Gasteiger partial charge in [-0.3, -0.25) is 4.68 Å². The number of halogens is 1. The van der Waals surface area contributed by atoms with Crippen molar-refractivity contribution in [3.8, 4) is 11.1 Å². The number of aliphatic hydroxyl groups is 1. The number of nitrogens with zero attached hydrogens (tertiary/aromatic N) is 2. The van der Waals surface area contributed by atoms with Crippen molar-refractivity contribution in [2.24, 2.45) is 5.92 Å². The molecule has 1 saturated carbocycles.